The molecule has 5 rings (SSSR count). The zero-order chi connectivity index (χ0) is 26.2. The van der Waals surface area contributed by atoms with Gasteiger partial charge >= 0.3 is 230 Å². The summed E-state index contributed by atoms with van der Waals surface area (Å²) in [5.74, 6) is 2.67. The third-order valence-electron chi connectivity index (χ3n) is 10.6. The van der Waals surface area contributed by atoms with Crippen LogP contribution in [0, 0.1) is 23.7 Å². The van der Waals surface area contributed by atoms with Gasteiger partial charge in [-0.3, -0.25) is 0 Å². The van der Waals surface area contributed by atoms with Crippen LogP contribution < -0.4 is 0 Å². The van der Waals surface area contributed by atoms with Crippen LogP contribution in [0.1, 0.15) is 58.2 Å². The van der Waals surface area contributed by atoms with Gasteiger partial charge < -0.3 is 0 Å². The van der Waals surface area contributed by atoms with Crippen LogP contribution in [-0.2, 0) is 30.8 Å². The Morgan fingerprint density at radius 2 is 0.973 bits per heavy atom. The van der Waals surface area contributed by atoms with E-state index in [0.717, 1.165) is 5.92 Å². The van der Waals surface area contributed by atoms with E-state index in [4.69, 9.17) is 0 Å². The van der Waals surface area contributed by atoms with Crippen LogP contribution in [0.3, 0.4) is 0 Å². The summed E-state index contributed by atoms with van der Waals surface area (Å²) in [7, 11) is 0. The van der Waals surface area contributed by atoms with Crippen molar-refractivity contribution in [2.45, 2.75) is 59.4 Å². The first-order valence-electron chi connectivity index (χ1n) is 14.3. The third-order valence-corrected chi connectivity index (χ3v) is 20.0. The van der Waals surface area contributed by atoms with Gasteiger partial charge in [-0.05, 0) is 0 Å². The van der Waals surface area contributed by atoms with Crippen LogP contribution in [0.25, 0.3) is 0 Å². The zero-order valence-corrected chi connectivity index (χ0v) is 25.2. The van der Waals surface area contributed by atoms with Gasteiger partial charge in [0.2, 0.25) is 0 Å². The van der Waals surface area contributed by atoms with Gasteiger partial charge in [0.15, 0.2) is 0 Å². The van der Waals surface area contributed by atoms with Crippen LogP contribution >= 0.6 is 0 Å². The molecule has 0 bridgehead atoms. The quantitative estimate of drug-likeness (QED) is 0.270. The molecule has 3 aromatic rings. The van der Waals surface area contributed by atoms with Crippen molar-refractivity contribution in [3.8, 4) is 0 Å². The molecule has 0 fully saturated rings. The second-order valence-corrected chi connectivity index (χ2v) is 19.6. The van der Waals surface area contributed by atoms with Crippen molar-refractivity contribution >= 4 is 0 Å². The standard InChI is InChI=1S/C15H23.3C7H7.Ti/c1-8-7-14-12(5)10(3)11(4)13(6)15(14)9(8)2;3*1-7-5-3-2-4-6-7;/h7,10-13H,1-6H3;3*2-6H,1H2;. The molecule has 0 spiro atoms. The predicted octanol–water partition coefficient (Wildman–Crippen LogP) is 9.73. The summed E-state index contributed by atoms with van der Waals surface area (Å²) in [5.41, 5.74) is 9.70. The van der Waals surface area contributed by atoms with Crippen molar-refractivity contribution < 1.29 is 16.6 Å². The van der Waals surface area contributed by atoms with Gasteiger partial charge in [0, 0.05) is 0 Å². The van der Waals surface area contributed by atoms with Crippen LogP contribution in [0.2, 0.25) is 3.72 Å². The Morgan fingerprint density at radius 3 is 1.38 bits per heavy atom. The Morgan fingerprint density at radius 1 is 0.595 bits per heavy atom. The summed E-state index contributed by atoms with van der Waals surface area (Å²) in [6.07, 6.45) is 2.65. The van der Waals surface area contributed by atoms with Crippen molar-refractivity contribution in [2.75, 3.05) is 0 Å². The van der Waals surface area contributed by atoms with Gasteiger partial charge in [-0.15, -0.1) is 0 Å². The topological polar surface area (TPSA) is 0 Å². The van der Waals surface area contributed by atoms with Crippen LogP contribution in [-0.4, -0.2) is 0 Å². The molecule has 37 heavy (non-hydrogen) atoms. The molecule has 5 atom stereocenters. The van der Waals surface area contributed by atoms with Crippen molar-refractivity contribution in [1.29, 1.82) is 0 Å². The van der Waals surface area contributed by atoms with E-state index in [2.05, 4.69) is 139 Å². The molecular weight excluding hydrogens is 480 g/mol. The monoisotopic (exact) mass is 524 g/mol. The number of allylic oxidation sites excluding steroid dienone is 4. The Hall–Kier alpha value is -2.15. The Bertz CT molecular complexity index is 1170. The van der Waals surface area contributed by atoms with Crippen molar-refractivity contribution in [2.24, 2.45) is 23.7 Å². The maximum atomic E-state index is 2.70. The second kappa shape index (κ2) is 10.5. The molecule has 2 aliphatic carbocycles. The molecule has 3 aromatic carbocycles. The van der Waals surface area contributed by atoms with Gasteiger partial charge in [0.05, 0.1) is 0 Å². The first-order valence-corrected chi connectivity index (χ1v) is 18.4. The van der Waals surface area contributed by atoms with Gasteiger partial charge in [-0.25, -0.2) is 0 Å². The minimum atomic E-state index is -2.88. The fourth-order valence-electron chi connectivity index (χ4n) is 7.89. The fourth-order valence-corrected chi connectivity index (χ4v) is 17.8. The number of benzene rings is 3. The SMILES string of the molecule is CC1=CC2=C(C(C)C(C)C(C)C2C)[C]1(C)[Ti]([CH2]c1ccccc1)([CH2]c1ccccc1)[CH2]c1ccccc1. The van der Waals surface area contributed by atoms with E-state index in [1.165, 1.54) is 30.9 Å². The molecule has 0 amide bonds. The predicted molar refractivity (Wildman–Crippen MR) is 156 cm³/mol. The molecule has 0 radical (unpaired) electrons. The molecule has 5 unspecified atom stereocenters. The van der Waals surface area contributed by atoms with Crippen LogP contribution in [0.4, 0.5) is 0 Å². The summed E-state index contributed by atoms with van der Waals surface area (Å²) >= 11 is -2.88. The minimum absolute atomic E-state index is 0.166. The molecule has 0 saturated heterocycles. The third kappa shape index (κ3) is 4.66. The average molecular weight is 525 g/mol. The molecule has 0 aromatic heterocycles. The van der Waals surface area contributed by atoms with E-state index in [9.17, 15) is 0 Å². The maximum absolute atomic E-state index is 2.88. The van der Waals surface area contributed by atoms with Gasteiger partial charge in [-0.1, -0.05) is 0 Å². The molecule has 0 heterocycles. The van der Waals surface area contributed by atoms with Gasteiger partial charge in [0.1, 0.15) is 0 Å². The number of hydrogen-bond donors (Lipinski definition) is 0. The molecular formula is C36H44Ti. The van der Waals surface area contributed by atoms with Gasteiger partial charge in [0.25, 0.3) is 0 Å². The summed E-state index contributed by atoms with van der Waals surface area (Å²) in [5, 5.41) is 0. The second-order valence-electron chi connectivity index (χ2n) is 12.4. The molecule has 0 N–H and O–H groups in total. The Kier molecular flexibility index (Phi) is 7.54. The summed E-state index contributed by atoms with van der Waals surface area (Å²) in [4.78, 5) is 0. The van der Waals surface area contributed by atoms with Crippen molar-refractivity contribution in [1.82, 2.24) is 0 Å². The zero-order valence-electron chi connectivity index (χ0n) is 23.7. The van der Waals surface area contributed by atoms with Crippen LogP contribution in [0.5, 0.6) is 0 Å². The normalized spacial score (nSPS) is 27.7. The first-order chi connectivity index (χ1) is 17.8. The first kappa shape index (κ1) is 26.5. The fraction of sp³-hybridized carbons (Fsp3) is 0.389. The van der Waals surface area contributed by atoms with Gasteiger partial charge in [-0.2, -0.15) is 0 Å². The Labute approximate surface area is 229 Å². The summed E-state index contributed by atoms with van der Waals surface area (Å²) in [6.45, 7) is 15.2. The summed E-state index contributed by atoms with van der Waals surface area (Å²) in [6, 6.07) is 34.3. The molecule has 0 nitrogen and oxygen atoms in total. The molecule has 0 saturated carbocycles. The van der Waals surface area contributed by atoms with Crippen LogP contribution in [0.15, 0.2) is 114 Å². The molecule has 2 aliphatic rings. The van der Waals surface area contributed by atoms with Crippen molar-refractivity contribution in [3.63, 3.8) is 0 Å². The average Bonchev–Trinajstić information content (AvgIpc) is 3.19. The molecule has 192 valence electrons. The number of hydrogen-bond acceptors (Lipinski definition) is 0. The number of rotatable bonds is 7. The Balaban J connectivity index is 1.76. The van der Waals surface area contributed by atoms with E-state index in [1.54, 1.807) is 11.1 Å². The van der Waals surface area contributed by atoms with E-state index in [-0.39, 0.29) is 3.72 Å². The van der Waals surface area contributed by atoms with E-state index in [0.29, 0.717) is 17.8 Å². The molecule has 1 heteroatoms. The van der Waals surface area contributed by atoms with E-state index in [1.807, 2.05) is 5.57 Å². The van der Waals surface area contributed by atoms with E-state index < -0.39 is 16.6 Å². The molecule has 0 aliphatic heterocycles. The summed E-state index contributed by atoms with van der Waals surface area (Å²) < 4.78 is 3.90. The van der Waals surface area contributed by atoms with Crippen molar-refractivity contribution in [3.05, 3.63) is 130 Å². The van der Waals surface area contributed by atoms with E-state index >= 15 is 0 Å².